The molecule has 1 N–H and O–H groups in total. The third-order valence-electron chi connectivity index (χ3n) is 1.71. The molecule has 0 bridgehead atoms. The number of pyridine rings is 1. The average molecular weight is 217 g/mol. The molecule has 0 amide bonds. The second kappa shape index (κ2) is 3.63. The Morgan fingerprint density at radius 3 is 2.93 bits per heavy atom. The monoisotopic (exact) mass is 216 g/mol. The Labute approximate surface area is 84.4 Å². The van der Waals surface area contributed by atoms with Crippen LogP contribution in [0.1, 0.15) is 10.4 Å². The minimum Gasteiger partial charge on any atom is -0.478 e. The third kappa shape index (κ3) is 1.54. The van der Waals surface area contributed by atoms with Crippen LogP contribution in [0, 0.1) is 5.82 Å². The van der Waals surface area contributed by atoms with E-state index >= 15 is 0 Å². The van der Waals surface area contributed by atoms with Gasteiger partial charge < -0.3 is 9.51 Å². The Bertz CT molecular complexity index is 483. The molecule has 2 aromatic rings. The van der Waals surface area contributed by atoms with Gasteiger partial charge in [-0.15, -0.1) is 12.4 Å². The Hall–Kier alpha value is -1.62. The Morgan fingerprint density at radius 2 is 2.29 bits per heavy atom. The normalized spacial score (nSPS) is 9.79. The number of carboxylic acid groups (broad SMARTS) is 1. The van der Waals surface area contributed by atoms with E-state index in [1.165, 1.54) is 16.7 Å². The second-order valence-electron chi connectivity index (χ2n) is 2.53. The maximum atomic E-state index is 13.0. The zero-order valence-corrected chi connectivity index (χ0v) is 7.66. The highest BCUT2D eigenvalue weighted by atomic mass is 35.5. The molecule has 0 radical (unpaired) electrons. The molecule has 74 valence electrons. The van der Waals surface area contributed by atoms with Crippen LogP contribution in [0.15, 0.2) is 24.7 Å². The summed E-state index contributed by atoms with van der Waals surface area (Å²) >= 11 is 0. The van der Waals surface area contributed by atoms with E-state index in [-0.39, 0.29) is 18.0 Å². The average Bonchev–Trinajstić information content (AvgIpc) is 2.48. The second-order valence-corrected chi connectivity index (χ2v) is 2.53. The molecular weight excluding hydrogens is 211 g/mol. The van der Waals surface area contributed by atoms with Crippen molar-refractivity contribution >= 4 is 24.0 Å². The number of hydrogen-bond donors (Lipinski definition) is 1. The first-order valence-corrected chi connectivity index (χ1v) is 3.54. The van der Waals surface area contributed by atoms with Gasteiger partial charge in [-0.25, -0.2) is 14.2 Å². The number of rotatable bonds is 1. The number of halogens is 2. The number of aromatic carboxylic acids is 1. The molecule has 0 aliphatic carbocycles. The summed E-state index contributed by atoms with van der Waals surface area (Å²) in [7, 11) is 0. The molecule has 2 rings (SSSR count). The molecule has 6 heteroatoms. The summed E-state index contributed by atoms with van der Waals surface area (Å²) in [6, 6.07) is 1.19. The lowest BCUT2D eigenvalue weighted by molar-refractivity contribution is 0.0692. The molecule has 0 aliphatic heterocycles. The first-order valence-electron chi connectivity index (χ1n) is 3.54. The van der Waals surface area contributed by atoms with Crippen LogP contribution in [0.2, 0.25) is 0 Å². The van der Waals surface area contributed by atoms with E-state index in [0.29, 0.717) is 5.65 Å². The lowest BCUT2D eigenvalue weighted by Gasteiger charge is -1.98. The number of hydrogen-bond acceptors (Lipinski definition) is 2. The summed E-state index contributed by atoms with van der Waals surface area (Å²) < 4.78 is 14.4. The summed E-state index contributed by atoms with van der Waals surface area (Å²) in [6.45, 7) is 0. The van der Waals surface area contributed by atoms with Crippen molar-refractivity contribution in [3.63, 3.8) is 0 Å². The minimum atomic E-state index is -1.29. The lowest BCUT2D eigenvalue weighted by Crippen LogP contribution is -2.02. The van der Waals surface area contributed by atoms with Crippen molar-refractivity contribution in [2.75, 3.05) is 0 Å². The van der Waals surface area contributed by atoms with Crippen LogP contribution in [0.3, 0.4) is 0 Å². The maximum Gasteiger partial charge on any atom is 0.338 e. The molecule has 0 saturated heterocycles. The molecule has 0 atom stereocenters. The van der Waals surface area contributed by atoms with Gasteiger partial charge in [0, 0.05) is 18.6 Å². The van der Waals surface area contributed by atoms with Crippen LogP contribution in [-0.4, -0.2) is 20.5 Å². The predicted octanol–water partition coefficient (Wildman–Crippen LogP) is 1.59. The van der Waals surface area contributed by atoms with Crippen molar-refractivity contribution in [3.05, 3.63) is 36.0 Å². The number of carboxylic acids is 1. The Morgan fingerprint density at radius 1 is 1.57 bits per heavy atom. The predicted molar refractivity (Wildman–Crippen MR) is 49.4 cm³/mol. The van der Waals surface area contributed by atoms with E-state index in [1.807, 2.05) is 0 Å². The summed E-state index contributed by atoms with van der Waals surface area (Å²) in [6.07, 6.45) is 4.11. The van der Waals surface area contributed by atoms with Crippen LogP contribution >= 0.6 is 12.4 Å². The molecule has 0 fully saturated rings. The van der Waals surface area contributed by atoms with Crippen molar-refractivity contribution < 1.29 is 14.3 Å². The topological polar surface area (TPSA) is 54.6 Å². The van der Waals surface area contributed by atoms with Gasteiger partial charge in [-0.3, -0.25) is 0 Å². The van der Waals surface area contributed by atoms with E-state index in [4.69, 9.17) is 5.11 Å². The largest absolute Gasteiger partial charge is 0.478 e. The van der Waals surface area contributed by atoms with E-state index < -0.39 is 11.8 Å². The van der Waals surface area contributed by atoms with E-state index in [2.05, 4.69) is 4.98 Å². The van der Waals surface area contributed by atoms with Crippen LogP contribution in [-0.2, 0) is 0 Å². The van der Waals surface area contributed by atoms with Gasteiger partial charge in [0.05, 0.1) is 0 Å². The SMILES string of the molecule is Cl.O=C(O)c1cc2nccn2cc1F. The molecule has 14 heavy (non-hydrogen) atoms. The third-order valence-corrected chi connectivity index (χ3v) is 1.71. The standard InChI is InChI=1S/C8H5FN2O2.ClH/c9-6-4-11-2-1-10-7(11)3-5(6)8(12)13;/h1-4H,(H,12,13);1H. The maximum absolute atomic E-state index is 13.0. The summed E-state index contributed by atoms with van der Waals surface area (Å²) in [5.41, 5.74) is 0.0532. The highest BCUT2D eigenvalue weighted by molar-refractivity contribution is 5.89. The van der Waals surface area contributed by atoms with Gasteiger partial charge in [-0.2, -0.15) is 0 Å². The molecule has 0 spiro atoms. The quantitative estimate of drug-likeness (QED) is 0.788. The van der Waals surface area contributed by atoms with Crippen LogP contribution in [0.25, 0.3) is 5.65 Å². The number of fused-ring (bicyclic) bond motifs is 1. The fourth-order valence-electron chi connectivity index (χ4n) is 1.10. The zero-order valence-electron chi connectivity index (χ0n) is 6.85. The van der Waals surface area contributed by atoms with Gasteiger partial charge in [0.2, 0.25) is 0 Å². The molecule has 0 unspecified atom stereocenters. The molecule has 2 heterocycles. The van der Waals surface area contributed by atoms with E-state index in [0.717, 1.165) is 6.20 Å². The van der Waals surface area contributed by atoms with Gasteiger partial charge in [-0.05, 0) is 6.07 Å². The van der Waals surface area contributed by atoms with Gasteiger partial charge in [-0.1, -0.05) is 0 Å². The fraction of sp³-hybridized carbons (Fsp3) is 0. The summed E-state index contributed by atoms with van der Waals surface area (Å²) in [5.74, 6) is -2.05. The van der Waals surface area contributed by atoms with Gasteiger partial charge in [0.1, 0.15) is 11.2 Å². The Kier molecular flexibility index (Phi) is 2.71. The van der Waals surface area contributed by atoms with Gasteiger partial charge >= 0.3 is 5.97 Å². The van der Waals surface area contributed by atoms with Crippen LogP contribution < -0.4 is 0 Å². The molecule has 0 aliphatic rings. The van der Waals surface area contributed by atoms with Crippen LogP contribution in [0.4, 0.5) is 4.39 Å². The number of carbonyl (C=O) groups is 1. The minimum absolute atomic E-state index is 0. The molecule has 2 aromatic heterocycles. The van der Waals surface area contributed by atoms with Crippen molar-refractivity contribution in [2.24, 2.45) is 0 Å². The van der Waals surface area contributed by atoms with E-state index in [1.54, 1.807) is 6.20 Å². The highest BCUT2D eigenvalue weighted by Gasteiger charge is 2.11. The zero-order chi connectivity index (χ0) is 9.42. The van der Waals surface area contributed by atoms with Crippen molar-refractivity contribution in [1.82, 2.24) is 9.38 Å². The Balaban J connectivity index is 0.000000980. The highest BCUT2D eigenvalue weighted by Crippen LogP contribution is 2.10. The smallest absolute Gasteiger partial charge is 0.338 e. The molecular formula is C8H6ClFN2O2. The van der Waals surface area contributed by atoms with Gasteiger partial charge in [0.25, 0.3) is 0 Å². The van der Waals surface area contributed by atoms with Crippen molar-refractivity contribution in [3.8, 4) is 0 Å². The number of nitrogens with zero attached hydrogens (tertiary/aromatic N) is 2. The summed E-state index contributed by atoms with van der Waals surface area (Å²) in [4.78, 5) is 14.3. The van der Waals surface area contributed by atoms with E-state index in [9.17, 15) is 9.18 Å². The first kappa shape index (κ1) is 10.5. The lowest BCUT2D eigenvalue weighted by atomic mass is 10.2. The number of aromatic nitrogens is 2. The summed E-state index contributed by atoms with van der Waals surface area (Å²) in [5, 5.41) is 8.59. The fourth-order valence-corrected chi connectivity index (χ4v) is 1.10. The number of imidazole rings is 1. The van der Waals surface area contributed by atoms with Crippen molar-refractivity contribution in [1.29, 1.82) is 0 Å². The van der Waals surface area contributed by atoms with Crippen LogP contribution in [0.5, 0.6) is 0 Å². The van der Waals surface area contributed by atoms with Gasteiger partial charge in [0.15, 0.2) is 5.82 Å². The molecule has 0 aromatic carbocycles. The first-order chi connectivity index (χ1) is 6.18. The molecule has 4 nitrogen and oxygen atoms in total. The van der Waals surface area contributed by atoms with Crippen molar-refractivity contribution in [2.45, 2.75) is 0 Å². The molecule has 0 saturated carbocycles.